The fourth-order valence-electron chi connectivity index (χ4n) is 3.82. The van der Waals surface area contributed by atoms with Gasteiger partial charge in [-0.1, -0.05) is 13.3 Å². The van der Waals surface area contributed by atoms with Crippen LogP contribution in [0.2, 0.25) is 0 Å². The van der Waals surface area contributed by atoms with Crippen LogP contribution in [0.15, 0.2) is 0 Å². The summed E-state index contributed by atoms with van der Waals surface area (Å²) in [5.74, 6) is -0.412. The molecule has 122 valence electrons. The molecule has 1 heterocycles. The average molecular weight is 298 g/mol. The van der Waals surface area contributed by atoms with Gasteiger partial charge in [-0.25, -0.2) is 0 Å². The smallest absolute Gasteiger partial charge is 0.324 e. The summed E-state index contributed by atoms with van der Waals surface area (Å²) in [5, 5.41) is 13.1. The monoisotopic (exact) mass is 298 g/mol. The summed E-state index contributed by atoms with van der Waals surface area (Å²) in [6, 6.07) is 0.447. The van der Waals surface area contributed by atoms with Crippen molar-refractivity contribution in [3.63, 3.8) is 0 Å². The number of hydrogen-bond acceptors (Lipinski definition) is 4. The third kappa shape index (κ3) is 3.76. The summed E-state index contributed by atoms with van der Waals surface area (Å²) in [4.78, 5) is 14.3. The van der Waals surface area contributed by atoms with E-state index in [1.54, 1.807) is 0 Å². The van der Waals surface area contributed by atoms with E-state index < -0.39 is 11.5 Å². The van der Waals surface area contributed by atoms with Crippen LogP contribution in [0, 0.1) is 5.92 Å². The van der Waals surface area contributed by atoms with Crippen LogP contribution in [0.5, 0.6) is 0 Å². The molecule has 0 aromatic carbocycles. The molecule has 1 saturated carbocycles. The minimum Gasteiger partial charge on any atom is -0.480 e. The van der Waals surface area contributed by atoms with Crippen LogP contribution in [-0.4, -0.2) is 60.4 Å². The third-order valence-corrected chi connectivity index (χ3v) is 5.16. The number of ether oxygens (including phenoxy) is 1. The molecule has 2 aliphatic rings. The Labute approximate surface area is 128 Å². The molecule has 1 saturated heterocycles. The first-order valence-corrected chi connectivity index (χ1v) is 8.40. The van der Waals surface area contributed by atoms with E-state index in [0.29, 0.717) is 6.04 Å². The van der Waals surface area contributed by atoms with E-state index in [4.69, 9.17) is 4.74 Å². The molecule has 3 atom stereocenters. The maximum absolute atomic E-state index is 11.9. The molecule has 5 heteroatoms. The van der Waals surface area contributed by atoms with Crippen LogP contribution < -0.4 is 5.32 Å². The Bertz CT molecular complexity index is 350. The van der Waals surface area contributed by atoms with Gasteiger partial charge in [-0.05, 0) is 51.6 Å². The molecule has 0 spiro atoms. The van der Waals surface area contributed by atoms with E-state index in [1.165, 1.54) is 0 Å². The molecule has 5 nitrogen and oxygen atoms in total. The molecule has 2 N–H and O–H groups in total. The Morgan fingerprint density at radius 3 is 3.00 bits per heavy atom. The van der Waals surface area contributed by atoms with E-state index in [0.717, 1.165) is 65.0 Å². The summed E-state index contributed by atoms with van der Waals surface area (Å²) < 4.78 is 5.47. The second-order valence-electron chi connectivity index (χ2n) is 6.54. The van der Waals surface area contributed by atoms with E-state index in [2.05, 4.69) is 24.1 Å². The quantitative estimate of drug-likeness (QED) is 0.749. The first-order valence-electron chi connectivity index (χ1n) is 8.40. The fraction of sp³-hybridized carbons (Fsp3) is 0.938. The van der Waals surface area contributed by atoms with Crippen LogP contribution in [0.4, 0.5) is 0 Å². The minimum absolute atomic E-state index is 0.247. The number of carboxylic acids is 1. The number of carboxylic acid groups (broad SMARTS) is 1. The predicted molar refractivity (Wildman–Crippen MR) is 82.5 cm³/mol. The van der Waals surface area contributed by atoms with Gasteiger partial charge in [-0.2, -0.15) is 0 Å². The van der Waals surface area contributed by atoms with Gasteiger partial charge in [0.1, 0.15) is 5.54 Å². The van der Waals surface area contributed by atoms with Crippen LogP contribution in [0.25, 0.3) is 0 Å². The number of aliphatic carboxylic acids is 1. The molecule has 1 aliphatic heterocycles. The molecule has 0 bridgehead atoms. The van der Waals surface area contributed by atoms with E-state index >= 15 is 0 Å². The number of rotatable bonds is 7. The number of morpholine rings is 1. The van der Waals surface area contributed by atoms with Gasteiger partial charge in [0.2, 0.25) is 0 Å². The second kappa shape index (κ2) is 7.56. The Morgan fingerprint density at radius 2 is 2.33 bits per heavy atom. The number of hydrogen-bond donors (Lipinski definition) is 2. The normalized spacial score (nSPS) is 34.2. The Hall–Kier alpha value is -0.650. The molecule has 0 amide bonds. The van der Waals surface area contributed by atoms with Crippen molar-refractivity contribution >= 4 is 5.97 Å². The van der Waals surface area contributed by atoms with Crippen LogP contribution in [0.1, 0.15) is 46.0 Å². The minimum atomic E-state index is -0.689. The van der Waals surface area contributed by atoms with Gasteiger partial charge in [0.15, 0.2) is 0 Å². The topological polar surface area (TPSA) is 61.8 Å². The number of carbonyl (C=O) groups is 1. The SMILES string of the molecule is CCCNC1(C(=O)O)CCCC1CCN1CCOCC1C. The van der Waals surface area contributed by atoms with Gasteiger partial charge >= 0.3 is 5.97 Å². The lowest BCUT2D eigenvalue weighted by molar-refractivity contribution is -0.146. The zero-order valence-corrected chi connectivity index (χ0v) is 13.4. The van der Waals surface area contributed by atoms with E-state index in [1.807, 2.05) is 0 Å². The molecule has 21 heavy (non-hydrogen) atoms. The molecule has 0 aromatic rings. The summed E-state index contributed by atoms with van der Waals surface area (Å²) in [7, 11) is 0. The average Bonchev–Trinajstić information content (AvgIpc) is 2.88. The van der Waals surface area contributed by atoms with Gasteiger partial charge in [-0.3, -0.25) is 9.69 Å². The third-order valence-electron chi connectivity index (χ3n) is 5.16. The van der Waals surface area contributed by atoms with Crippen molar-refractivity contribution in [3.8, 4) is 0 Å². The molecule has 2 rings (SSSR count). The molecular weight excluding hydrogens is 268 g/mol. The van der Waals surface area contributed by atoms with Crippen molar-refractivity contribution in [1.29, 1.82) is 0 Å². The Kier molecular flexibility index (Phi) is 6.02. The lowest BCUT2D eigenvalue weighted by atomic mass is 9.84. The maximum atomic E-state index is 11.9. The second-order valence-corrected chi connectivity index (χ2v) is 6.54. The summed E-state index contributed by atoms with van der Waals surface area (Å²) in [6.45, 7) is 8.61. The van der Waals surface area contributed by atoms with Gasteiger partial charge in [0.25, 0.3) is 0 Å². The van der Waals surface area contributed by atoms with Gasteiger partial charge in [0.05, 0.1) is 13.2 Å². The van der Waals surface area contributed by atoms with Gasteiger partial charge < -0.3 is 15.2 Å². The van der Waals surface area contributed by atoms with Crippen molar-refractivity contribution in [1.82, 2.24) is 10.2 Å². The van der Waals surface area contributed by atoms with E-state index in [-0.39, 0.29) is 5.92 Å². The number of nitrogens with one attached hydrogen (secondary N) is 1. The predicted octanol–water partition coefficient (Wildman–Crippen LogP) is 1.72. The highest BCUT2D eigenvalue weighted by molar-refractivity contribution is 5.79. The summed E-state index contributed by atoms with van der Waals surface area (Å²) in [6.07, 6.45) is 4.76. The highest BCUT2D eigenvalue weighted by Crippen LogP contribution is 2.38. The van der Waals surface area contributed by atoms with Crippen LogP contribution >= 0.6 is 0 Å². The highest BCUT2D eigenvalue weighted by atomic mass is 16.5. The first-order chi connectivity index (χ1) is 10.1. The molecule has 0 radical (unpaired) electrons. The Morgan fingerprint density at radius 1 is 1.52 bits per heavy atom. The zero-order chi connectivity index (χ0) is 15.3. The van der Waals surface area contributed by atoms with Crippen LogP contribution in [-0.2, 0) is 9.53 Å². The first kappa shape index (κ1) is 16.7. The molecule has 0 aromatic heterocycles. The number of nitrogens with zero attached hydrogens (tertiary/aromatic N) is 1. The van der Waals surface area contributed by atoms with Crippen molar-refractivity contribution in [2.45, 2.75) is 57.5 Å². The van der Waals surface area contributed by atoms with Crippen molar-refractivity contribution in [3.05, 3.63) is 0 Å². The Balaban J connectivity index is 1.94. The fourth-order valence-corrected chi connectivity index (χ4v) is 3.82. The van der Waals surface area contributed by atoms with Gasteiger partial charge in [-0.15, -0.1) is 0 Å². The molecule has 2 fully saturated rings. The van der Waals surface area contributed by atoms with Crippen molar-refractivity contribution in [2.75, 3.05) is 32.8 Å². The largest absolute Gasteiger partial charge is 0.480 e. The lowest BCUT2D eigenvalue weighted by Crippen LogP contribution is -2.56. The van der Waals surface area contributed by atoms with E-state index in [9.17, 15) is 9.90 Å². The van der Waals surface area contributed by atoms with Gasteiger partial charge in [0, 0.05) is 12.6 Å². The standard InChI is InChI=1S/C16H30N2O3/c1-3-8-17-16(15(19)20)7-4-5-14(16)6-9-18-10-11-21-12-13(18)2/h13-14,17H,3-12H2,1-2H3,(H,19,20). The lowest BCUT2D eigenvalue weighted by Gasteiger charge is -2.37. The van der Waals surface area contributed by atoms with Crippen molar-refractivity contribution in [2.24, 2.45) is 5.92 Å². The molecule has 1 aliphatic carbocycles. The van der Waals surface area contributed by atoms with Crippen molar-refractivity contribution < 1.29 is 14.6 Å². The molecular formula is C16H30N2O3. The summed E-state index contributed by atoms with van der Waals surface area (Å²) in [5.41, 5.74) is -0.689. The highest BCUT2D eigenvalue weighted by Gasteiger charge is 2.48. The summed E-state index contributed by atoms with van der Waals surface area (Å²) >= 11 is 0. The zero-order valence-electron chi connectivity index (χ0n) is 13.4. The molecule has 3 unspecified atom stereocenters. The maximum Gasteiger partial charge on any atom is 0.324 e. The van der Waals surface area contributed by atoms with Crippen LogP contribution in [0.3, 0.4) is 0 Å².